The highest BCUT2D eigenvalue weighted by molar-refractivity contribution is 6.58. The van der Waals surface area contributed by atoms with E-state index in [1.54, 1.807) is 6.07 Å². The van der Waals surface area contributed by atoms with Gasteiger partial charge in [-0.2, -0.15) is 0 Å². The number of hydrogen-bond donors (Lipinski definition) is 2. The monoisotopic (exact) mass is 269 g/mol. The molecule has 2 aromatic carbocycles. The van der Waals surface area contributed by atoms with Crippen molar-refractivity contribution in [1.82, 2.24) is 0 Å². The maximum Gasteiger partial charge on any atom is 0.488 e. The topological polar surface area (TPSA) is 43.7 Å². The van der Waals surface area contributed by atoms with Gasteiger partial charge in [-0.1, -0.05) is 30.3 Å². The van der Waals surface area contributed by atoms with Gasteiger partial charge in [-0.15, -0.1) is 0 Å². The fourth-order valence-electron chi connectivity index (χ4n) is 2.39. The van der Waals surface area contributed by atoms with Crippen molar-refractivity contribution in [3.05, 3.63) is 59.2 Å². The van der Waals surface area contributed by atoms with Crippen LogP contribution < -0.4 is 10.4 Å². The van der Waals surface area contributed by atoms with E-state index < -0.39 is 7.12 Å². The summed E-state index contributed by atoms with van der Waals surface area (Å²) in [6.07, 6.45) is 0. The molecule has 2 N–H and O–H groups in total. The van der Waals surface area contributed by atoms with E-state index in [1.165, 1.54) is 11.1 Å². The summed E-state index contributed by atoms with van der Waals surface area (Å²) in [5, 5.41) is 18.4. The van der Waals surface area contributed by atoms with Gasteiger partial charge in [0.15, 0.2) is 0 Å². The molecule has 0 saturated heterocycles. The summed E-state index contributed by atoms with van der Waals surface area (Å²) in [6, 6.07) is 13.8. The zero-order valence-electron chi connectivity index (χ0n) is 12.2. The van der Waals surface area contributed by atoms with E-state index in [0.717, 1.165) is 17.8 Å². The van der Waals surface area contributed by atoms with Crippen molar-refractivity contribution >= 4 is 18.3 Å². The Balaban J connectivity index is 2.18. The number of hydrogen-bond acceptors (Lipinski definition) is 3. The molecule has 0 aliphatic carbocycles. The molecule has 3 nitrogen and oxygen atoms in total. The molecule has 0 unspecified atom stereocenters. The van der Waals surface area contributed by atoms with Crippen LogP contribution >= 0.6 is 0 Å². The standard InChI is InChI=1S/C16H20BNO2/c1-12-7-13(2)9-16(8-12)18(3)11-14-5-4-6-15(10-14)17(19)20/h4-10,19-20H,11H2,1-3H3. The minimum Gasteiger partial charge on any atom is -0.423 e. The third-order valence-corrected chi connectivity index (χ3v) is 3.32. The second kappa shape index (κ2) is 6.12. The maximum atomic E-state index is 9.21. The number of aryl methyl sites for hydroxylation is 2. The van der Waals surface area contributed by atoms with Crippen molar-refractivity contribution < 1.29 is 10.0 Å². The molecule has 2 aromatic rings. The molecule has 104 valence electrons. The Labute approximate surface area is 120 Å². The highest BCUT2D eigenvalue weighted by Crippen LogP contribution is 2.19. The van der Waals surface area contributed by atoms with Crippen molar-refractivity contribution in [3.8, 4) is 0 Å². The molecule has 2 rings (SSSR count). The van der Waals surface area contributed by atoms with Crippen LogP contribution in [0.5, 0.6) is 0 Å². The van der Waals surface area contributed by atoms with E-state index in [9.17, 15) is 10.0 Å². The SMILES string of the molecule is Cc1cc(C)cc(N(C)Cc2cccc(B(O)O)c2)c1. The first-order valence-corrected chi connectivity index (χ1v) is 6.70. The lowest BCUT2D eigenvalue weighted by molar-refractivity contribution is 0.425. The molecule has 20 heavy (non-hydrogen) atoms. The molecule has 0 amide bonds. The Hall–Kier alpha value is -1.78. The Morgan fingerprint density at radius 2 is 1.65 bits per heavy atom. The molecule has 0 fully saturated rings. The van der Waals surface area contributed by atoms with Gasteiger partial charge in [0.1, 0.15) is 0 Å². The fourth-order valence-corrected chi connectivity index (χ4v) is 2.39. The number of anilines is 1. The smallest absolute Gasteiger partial charge is 0.423 e. The summed E-state index contributed by atoms with van der Waals surface area (Å²) in [6.45, 7) is 4.91. The fraction of sp³-hybridized carbons (Fsp3) is 0.250. The average molecular weight is 269 g/mol. The first kappa shape index (κ1) is 14.6. The molecule has 0 radical (unpaired) electrons. The van der Waals surface area contributed by atoms with Crippen LogP contribution in [0.3, 0.4) is 0 Å². The highest BCUT2D eigenvalue weighted by atomic mass is 16.4. The van der Waals surface area contributed by atoms with Crippen molar-refractivity contribution in [3.63, 3.8) is 0 Å². The average Bonchev–Trinajstić information content (AvgIpc) is 2.37. The van der Waals surface area contributed by atoms with E-state index in [-0.39, 0.29) is 0 Å². The van der Waals surface area contributed by atoms with E-state index in [4.69, 9.17) is 0 Å². The van der Waals surface area contributed by atoms with Gasteiger partial charge in [-0.05, 0) is 48.1 Å². The molecule has 4 heteroatoms. The van der Waals surface area contributed by atoms with E-state index in [0.29, 0.717) is 5.46 Å². The number of benzene rings is 2. The summed E-state index contributed by atoms with van der Waals surface area (Å²) in [5.41, 5.74) is 5.23. The lowest BCUT2D eigenvalue weighted by Gasteiger charge is -2.21. The Kier molecular flexibility index (Phi) is 4.48. The molecule has 0 heterocycles. The number of nitrogens with zero attached hydrogens (tertiary/aromatic N) is 1. The van der Waals surface area contributed by atoms with Crippen LogP contribution in [-0.2, 0) is 6.54 Å². The van der Waals surface area contributed by atoms with Crippen LogP contribution in [0.15, 0.2) is 42.5 Å². The summed E-state index contributed by atoms with van der Waals surface area (Å²) < 4.78 is 0. The van der Waals surface area contributed by atoms with Gasteiger partial charge in [0.25, 0.3) is 0 Å². The van der Waals surface area contributed by atoms with Crippen molar-refractivity contribution in [2.75, 3.05) is 11.9 Å². The Morgan fingerprint density at radius 3 is 2.25 bits per heavy atom. The lowest BCUT2D eigenvalue weighted by Crippen LogP contribution is -2.30. The summed E-state index contributed by atoms with van der Waals surface area (Å²) >= 11 is 0. The summed E-state index contributed by atoms with van der Waals surface area (Å²) in [4.78, 5) is 2.16. The van der Waals surface area contributed by atoms with E-state index in [1.807, 2.05) is 25.2 Å². The molecule has 0 aliphatic rings. The predicted molar refractivity (Wildman–Crippen MR) is 84.3 cm³/mol. The quantitative estimate of drug-likeness (QED) is 0.829. The summed E-state index contributed by atoms with van der Waals surface area (Å²) in [5.74, 6) is 0. The highest BCUT2D eigenvalue weighted by Gasteiger charge is 2.11. The van der Waals surface area contributed by atoms with Crippen LogP contribution in [-0.4, -0.2) is 24.2 Å². The first-order valence-electron chi connectivity index (χ1n) is 6.70. The molecule has 0 aromatic heterocycles. The van der Waals surface area contributed by atoms with Crippen LogP contribution in [0.2, 0.25) is 0 Å². The first-order chi connectivity index (χ1) is 9.45. The normalized spacial score (nSPS) is 10.4. The van der Waals surface area contributed by atoms with Crippen LogP contribution in [0.25, 0.3) is 0 Å². The van der Waals surface area contributed by atoms with Crippen molar-refractivity contribution in [2.24, 2.45) is 0 Å². The zero-order valence-corrected chi connectivity index (χ0v) is 12.2. The molecular formula is C16H20BNO2. The van der Waals surface area contributed by atoms with E-state index >= 15 is 0 Å². The van der Waals surface area contributed by atoms with Crippen LogP contribution in [0.1, 0.15) is 16.7 Å². The molecular weight excluding hydrogens is 249 g/mol. The Morgan fingerprint density at radius 1 is 1.00 bits per heavy atom. The van der Waals surface area contributed by atoms with Crippen LogP contribution in [0, 0.1) is 13.8 Å². The molecule has 0 aliphatic heterocycles. The van der Waals surface area contributed by atoms with Gasteiger partial charge in [-0.3, -0.25) is 0 Å². The Bertz CT molecular complexity index is 579. The van der Waals surface area contributed by atoms with Gasteiger partial charge in [0.2, 0.25) is 0 Å². The minimum atomic E-state index is -1.42. The second-order valence-corrected chi connectivity index (χ2v) is 5.32. The minimum absolute atomic E-state index is 0.524. The maximum absolute atomic E-state index is 9.21. The van der Waals surface area contributed by atoms with Gasteiger partial charge in [-0.25, -0.2) is 0 Å². The third-order valence-electron chi connectivity index (χ3n) is 3.32. The van der Waals surface area contributed by atoms with Crippen LogP contribution in [0.4, 0.5) is 5.69 Å². The molecule has 0 atom stereocenters. The van der Waals surface area contributed by atoms with Crippen molar-refractivity contribution in [2.45, 2.75) is 20.4 Å². The molecule has 0 bridgehead atoms. The second-order valence-electron chi connectivity index (χ2n) is 5.32. The molecule has 0 spiro atoms. The predicted octanol–water partition coefficient (Wildman–Crippen LogP) is 1.62. The summed E-state index contributed by atoms with van der Waals surface area (Å²) in [7, 11) is 0.623. The lowest BCUT2D eigenvalue weighted by atomic mass is 9.79. The van der Waals surface area contributed by atoms with Gasteiger partial charge in [0.05, 0.1) is 0 Å². The largest absolute Gasteiger partial charge is 0.488 e. The number of rotatable bonds is 4. The van der Waals surface area contributed by atoms with Gasteiger partial charge in [0, 0.05) is 19.3 Å². The van der Waals surface area contributed by atoms with E-state index in [2.05, 4.69) is 36.9 Å². The van der Waals surface area contributed by atoms with Crippen molar-refractivity contribution in [1.29, 1.82) is 0 Å². The molecule has 0 saturated carbocycles. The third kappa shape index (κ3) is 3.62. The van der Waals surface area contributed by atoms with Gasteiger partial charge >= 0.3 is 7.12 Å². The van der Waals surface area contributed by atoms with Gasteiger partial charge < -0.3 is 14.9 Å². The zero-order chi connectivity index (χ0) is 14.7.